The second kappa shape index (κ2) is 7.89. The monoisotopic (exact) mass is 325 g/mol. The number of nitrogens with one attached hydrogen (secondary N) is 3. The Hall–Kier alpha value is -2.18. The number of aromatic nitrogens is 1. The molecule has 1 unspecified atom stereocenters. The predicted molar refractivity (Wildman–Crippen MR) is 88.9 cm³/mol. The highest BCUT2D eigenvalue weighted by Gasteiger charge is 2.21. The molecule has 0 aromatic carbocycles. The van der Waals surface area contributed by atoms with E-state index in [1.807, 2.05) is 0 Å². The molecule has 0 aliphatic heterocycles. The minimum Gasteiger partial charge on any atom is -0.477 e. The van der Waals surface area contributed by atoms with E-state index in [4.69, 9.17) is 9.84 Å². The number of alkyl carbamates (subject to hydrolysis) is 1. The van der Waals surface area contributed by atoms with Gasteiger partial charge in [0.1, 0.15) is 11.3 Å². The topological polar surface area (TPSA) is 103 Å². The van der Waals surface area contributed by atoms with Gasteiger partial charge in [-0.15, -0.1) is 0 Å². The fourth-order valence-electron chi connectivity index (χ4n) is 2.16. The summed E-state index contributed by atoms with van der Waals surface area (Å²) in [7, 11) is 0. The number of aromatic amines is 1. The SMILES string of the molecule is CC(C)CC(CNc1cc[nH]c1C(=O)O)NC(=O)OC(C)(C)C. The summed E-state index contributed by atoms with van der Waals surface area (Å²) in [6.45, 7) is 9.95. The van der Waals surface area contributed by atoms with E-state index in [1.54, 1.807) is 33.0 Å². The van der Waals surface area contributed by atoms with Crippen molar-refractivity contribution in [2.75, 3.05) is 11.9 Å². The molecule has 1 aromatic heterocycles. The van der Waals surface area contributed by atoms with Gasteiger partial charge in [0, 0.05) is 18.8 Å². The Balaban J connectivity index is 2.66. The van der Waals surface area contributed by atoms with Crippen molar-refractivity contribution >= 4 is 17.7 Å². The zero-order valence-corrected chi connectivity index (χ0v) is 14.4. The zero-order valence-electron chi connectivity index (χ0n) is 14.4. The smallest absolute Gasteiger partial charge is 0.407 e. The van der Waals surface area contributed by atoms with Crippen LogP contribution >= 0.6 is 0 Å². The average molecular weight is 325 g/mol. The molecule has 130 valence electrons. The normalized spacial score (nSPS) is 12.8. The summed E-state index contributed by atoms with van der Waals surface area (Å²) in [4.78, 5) is 25.7. The van der Waals surface area contributed by atoms with Crippen molar-refractivity contribution in [1.29, 1.82) is 0 Å². The Bertz CT molecular complexity index is 532. The fourth-order valence-corrected chi connectivity index (χ4v) is 2.16. The predicted octanol–water partition coefficient (Wildman–Crippen LogP) is 3.06. The first kappa shape index (κ1) is 18.9. The molecule has 7 heteroatoms. The summed E-state index contributed by atoms with van der Waals surface area (Å²) in [6, 6.07) is 1.49. The Morgan fingerprint density at radius 1 is 1.35 bits per heavy atom. The minimum atomic E-state index is -1.03. The first-order valence-corrected chi connectivity index (χ1v) is 7.72. The van der Waals surface area contributed by atoms with Crippen LogP contribution in [0.4, 0.5) is 10.5 Å². The van der Waals surface area contributed by atoms with Gasteiger partial charge >= 0.3 is 12.1 Å². The first-order valence-electron chi connectivity index (χ1n) is 7.72. The molecular formula is C16H27N3O4. The standard InChI is InChI=1S/C16H27N3O4/c1-10(2)8-11(19-15(22)23-16(3,4)5)9-18-12-6-7-17-13(12)14(20)21/h6-7,10-11,17-18H,8-9H2,1-5H3,(H,19,22)(H,20,21). The van der Waals surface area contributed by atoms with Gasteiger partial charge in [-0.05, 0) is 39.2 Å². The summed E-state index contributed by atoms with van der Waals surface area (Å²) < 4.78 is 5.27. The lowest BCUT2D eigenvalue weighted by Gasteiger charge is -2.25. The summed E-state index contributed by atoms with van der Waals surface area (Å²) in [5.41, 5.74) is 0.0413. The highest BCUT2D eigenvalue weighted by atomic mass is 16.6. The molecule has 1 aromatic rings. The van der Waals surface area contributed by atoms with Gasteiger partial charge in [-0.2, -0.15) is 0 Å². The molecule has 1 amide bonds. The molecule has 0 spiro atoms. The van der Waals surface area contributed by atoms with Gasteiger partial charge in [0.15, 0.2) is 0 Å². The van der Waals surface area contributed by atoms with E-state index in [2.05, 4.69) is 29.5 Å². The number of hydrogen-bond donors (Lipinski definition) is 4. The van der Waals surface area contributed by atoms with Crippen molar-refractivity contribution in [3.8, 4) is 0 Å². The molecule has 0 saturated heterocycles. The number of H-pyrrole nitrogens is 1. The number of carbonyl (C=O) groups is 2. The Morgan fingerprint density at radius 3 is 2.52 bits per heavy atom. The number of carboxylic acid groups (broad SMARTS) is 1. The third-order valence-electron chi connectivity index (χ3n) is 2.98. The lowest BCUT2D eigenvalue weighted by atomic mass is 10.0. The maximum absolute atomic E-state index is 11.9. The summed E-state index contributed by atoms with van der Waals surface area (Å²) >= 11 is 0. The molecule has 0 saturated carbocycles. The highest BCUT2D eigenvalue weighted by molar-refractivity contribution is 5.92. The van der Waals surface area contributed by atoms with E-state index in [1.165, 1.54) is 0 Å². The molecule has 1 heterocycles. The summed E-state index contributed by atoms with van der Waals surface area (Å²) in [6.07, 6.45) is 1.83. The van der Waals surface area contributed by atoms with Crippen molar-refractivity contribution in [3.05, 3.63) is 18.0 Å². The average Bonchev–Trinajstić information content (AvgIpc) is 2.81. The molecule has 0 aliphatic rings. The minimum absolute atomic E-state index is 0.102. The van der Waals surface area contributed by atoms with Crippen molar-refractivity contribution in [2.45, 2.75) is 52.7 Å². The molecule has 1 rings (SSSR count). The number of anilines is 1. The number of aromatic carboxylic acids is 1. The molecule has 7 nitrogen and oxygen atoms in total. The second-order valence-electron chi connectivity index (χ2n) is 6.93. The van der Waals surface area contributed by atoms with Crippen molar-refractivity contribution in [3.63, 3.8) is 0 Å². The summed E-state index contributed by atoms with van der Waals surface area (Å²) in [5, 5.41) is 15.0. The van der Waals surface area contributed by atoms with E-state index in [0.29, 0.717) is 18.2 Å². The van der Waals surface area contributed by atoms with Crippen LogP contribution < -0.4 is 10.6 Å². The maximum Gasteiger partial charge on any atom is 0.407 e. The van der Waals surface area contributed by atoms with Crippen molar-refractivity contribution in [2.24, 2.45) is 5.92 Å². The van der Waals surface area contributed by atoms with Crippen LogP contribution in [0.25, 0.3) is 0 Å². The number of hydrogen-bond acceptors (Lipinski definition) is 4. The number of ether oxygens (including phenoxy) is 1. The molecule has 0 aliphatic carbocycles. The quantitative estimate of drug-likeness (QED) is 0.617. The summed E-state index contributed by atoms with van der Waals surface area (Å²) in [5.74, 6) is -0.653. The van der Waals surface area contributed by atoms with Gasteiger partial charge < -0.3 is 25.5 Å². The van der Waals surface area contributed by atoms with Gasteiger partial charge in [0.05, 0.1) is 5.69 Å². The van der Waals surface area contributed by atoms with Crippen LogP contribution in [0.5, 0.6) is 0 Å². The van der Waals surface area contributed by atoms with Gasteiger partial charge in [0.2, 0.25) is 0 Å². The van der Waals surface area contributed by atoms with Crippen LogP contribution in [0.3, 0.4) is 0 Å². The van der Waals surface area contributed by atoms with Crippen LogP contribution in [0.2, 0.25) is 0 Å². The Kier molecular flexibility index (Phi) is 6.48. The molecule has 0 fully saturated rings. The molecule has 23 heavy (non-hydrogen) atoms. The van der Waals surface area contributed by atoms with E-state index in [9.17, 15) is 9.59 Å². The van der Waals surface area contributed by atoms with Crippen LogP contribution in [-0.2, 0) is 4.74 Å². The molecule has 1 atom stereocenters. The van der Waals surface area contributed by atoms with Crippen molar-refractivity contribution in [1.82, 2.24) is 10.3 Å². The lowest BCUT2D eigenvalue weighted by molar-refractivity contribution is 0.0501. The van der Waals surface area contributed by atoms with E-state index in [-0.39, 0.29) is 11.7 Å². The Morgan fingerprint density at radius 2 is 2.00 bits per heavy atom. The molecule has 4 N–H and O–H groups in total. The van der Waals surface area contributed by atoms with E-state index < -0.39 is 17.7 Å². The number of amides is 1. The molecule has 0 bridgehead atoms. The van der Waals surface area contributed by atoms with Crippen LogP contribution in [0, 0.1) is 5.92 Å². The van der Waals surface area contributed by atoms with Crippen LogP contribution in [-0.4, -0.2) is 40.3 Å². The number of carbonyl (C=O) groups excluding carboxylic acids is 1. The molecule has 0 radical (unpaired) electrons. The molecular weight excluding hydrogens is 298 g/mol. The van der Waals surface area contributed by atoms with E-state index in [0.717, 1.165) is 6.42 Å². The van der Waals surface area contributed by atoms with Crippen LogP contribution in [0.1, 0.15) is 51.5 Å². The van der Waals surface area contributed by atoms with Crippen molar-refractivity contribution < 1.29 is 19.4 Å². The second-order valence-corrected chi connectivity index (χ2v) is 6.93. The van der Waals surface area contributed by atoms with Crippen LogP contribution in [0.15, 0.2) is 12.3 Å². The third kappa shape index (κ3) is 7.08. The fraction of sp³-hybridized carbons (Fsp3) is 0.625. The highest BCUT2D eigenvalue weighted by Crippen LogP contribution is 2.15. The number of carboxylic acids is 1. The van der Waals surface area contributed by atoms with Gasteiger partial charge in [-0.3, -0.25) is 0 Å². The maximum atomic E-state index is 11.9. The van der Waals surface area contributed by atoms with E-state index >= 15 is 0 Å². The largest absolute Gasteiger partial charge is 0.477 e. The van der Waals surface area contributed by atoms with Gasteiger partial charge in [-0.25, -0.2) is 9.59 Å². The number of rotatable bonds is 7. The third-order valence-corrected chi connectivity index (χ3v) is 2.98. The lowest BCUT2D eigenvalue weighted by Crippen LogP contribution is -2.43. The first-order chi connectivity index (χ1) is 10.6. The van der Waals surface area contributed by atoms with Gasteiger partial charge in [-0.1, -0.05) is 13.8 Å². The Labute approximate surface area is 136 Å². The zero-order chi connectivity index (χ0) is 17.6. The van der Waals surface area contributed by atoms with Gasteiger partial charge in [0.25, 0.3) is 0 Å².